The normalized spacial score (nSPS) is 18.9. The van der Waals surface area contributed by atoms with Crippen molar-refractivity contribution in [2.45, 2.75) is 19.8 Å². The van der Waals surface area contributed by atoms with Crippen molar-refractivity contribution >= 4 is 22.9 Å². The van der Waals surface area contributed by atoms with Gasteiger partial charge in [-0.15, -0.1) is 0 Å². The summed E-state index contributed by atoms with van der Waals surface area (Å²) in [6.07, 6.45) is 2.83. The van der Waals surface area contributed by atoms with E-state index >= 15 is 0 Å². The number of aliphatic carboxylic acids is 1. The van der Waals surface area contributed by atoms with Gasteiger partial charge in [0.1, 0.15) is 0 Å². The summed E-state index contributed by atoms with van der Waals surface area (Å²) in [5, 5.41) is 16.8. The maximum atomic E-state index is 12.5. The van der Waals surface area contributed by atoms with Crippen molar-refractivity contribution in [1.82, 2.24) is 20.1 Å². The van der Waals surface area contributed by atoms with E-state index in [1.54, 1.807) is 11.0 Å². The quantitative estimate of drug-likeness (QED) is 0.865. The molecule has 0 aliphatic carbocycles. The molecule has 0 saturated carbocycles. The number of H-pyrrole nitrogens is 1. The van der Waals surface area contributed by atoms with Crippen LogP contribution in [-0.4, -0.2) is 50.2 Å². The lowest BCUT2D eigenvalue weighted by molar-refractivity contribution is -0.143. The minimum atomic E-state index is -0.841. The van der Waals surface area contributed by atoms with E-state index in [9.17, 15) is 9.59 Å². The van der Waals surface area contributed by atoms with Crippen LogP contribution in [0.4, 0.5) is 0 Å². The number of aromatic amines is 1. The van der Waals surface area contributed by atoms with E-state index in [0.29, 0.717) is 30.6 Å². The fourth-order valence-corrected chi connectivity index (χ4v) is 2.68. The molecule has 0 aromatic carbocycles. The molecule has 2 N–H and O–H groups in total. The van der Waals surface area contributed by atoms with Gasteiger partial charge in [-0.2, -0.15) is 5.10 Å². The van der Waals surface area contributed by atoms with E-state index in [4.69, 9.17) is 5.11 Å². The van der Waals surface area contributed by atoms with Crippen molar-refractivity contribution in [3.05, 3.63) is 23.5 Å². The largest absolute Gasteiger partial charge is 0.481 e. The summed E-state index contributed by atoms with van der Waals surface area (Å²) in [5.41, 5.74) is 1.90. The van der Waals surface area contributed by atoms with Crippen LogP contribution in [0.2, 0.25) is 0 Å². The number of fused-ring (bicyclic) bond motifs is 1. The Morgan fingerprint density at radius 1 is 1.48 bits per heavy atom. The number of pyridine rings is 1. The van der Waals surface area contributed by atoms with E-state index in [0.717, 1.165) is 11.1 Å². The third-order valence-corrected chi connectivity index (χ3v) is 3.90. The molecule has 1 unspecified atom stereocenters. The summed E-state index contributed by atoms with van der Waals surface area (Å²) in [7, 11) is 0. The van der Waals surface area contributed by atoms with E-state index in [1.807, 2.05) is 6.92 Å². The fourth-order valence-electron chi connectivity index (χ4n) is 2.68. The monoisotopic (exact) mass is 288 g/mol. The molecule has 1 saturated heterocycles. The molecule has 7 heteroatoms. The van der Waals surface area contributed by atoms with Crippen LogP contribution < -0.4 is 0 Å². The van der Waals surface area contributed by atoms with Crippen molar-refractivity contribution in [1.29, 1.82) is 0 Å². The summed E-state index contributed by atoms with van der Waals surface area (Å²) in [5.74, 6) is -1.49. The van der Waals surface area contributed by atoms with Gasteiger partial charge in [0.15, 0.2) is 5.65 Å². The molecule has 1 fully saturated rings. The number of aryl methyl sites for hydroxylation is 1. The molecule has 7 nitrogen and oxygen atoms in total. The number of piperidine rings is 1. The van der Waals surface area contributed by atoms with Gasteiger partial charge in [0, 0.05) is 30.4 Å². The zero-order chi connectivity index (χ0) is 15.0. The Morgan fingerprint density at radius 2 is 2.29 bits per heavy atom. The van der Waals surface area contributed by atoms with Gasteiger partial charge < -0.3 is 10.0 Å². The number of hydrogen-bond donors (Lipinski definition) is 2. The molecule has 1 aliphatic rings. The second-order valence-electron chi connectivity index (χ2n) is 5.37. The molecule has 2 aromatic rings. The Morgan fingerprint density at radius 3 is 3.05 bits per heavy atom. The molecule has 2 aromatic heterocycles. The van der Waals surface area contributed by atoms with Crippen LogP contribution in [0.25, 0.3) is 11.0 Å². The standard InChI is InChI=1S/C14H16N4O3/c1-8-11-5-10(6-15-12(11)17-16-8)13(19)18-4-2-3-9(7-18)14(20)21/h5-6,9H,2-4,7H2,1H3,(H,20,21)(H,15,16,17). The average molecular weight is 288 g/mol. The van der Waals surface area contributed by atoms with Crippen LogP contribution in [-0.2, 0) is 4.79 Å². The minimum absolute atomic E-state index is 0.170. The van der Waals surface area contributed by atoms with E-state index in [-0.39, 0.29) is 12.5 Å². The van der Waals surface area contributed by atoms with Crippen molar-refractivity contribution in [3.8, 4) is 0 Å². The van der Waals surface area contributed by atoms with Gasteiger partial charge in [-0.25, -0.2) is 4.98 Å². The van der Waals surface area contributed by atoms with Crippen molar-refractivity contribution in [2.24, 2.45) is 5.92 Å². The average Bonchev–Trinajstić information content (AvgIpc) is 2.87. The lowest BCUT2D eigenvalue weighted by Crippen LogP contribution is -2.42. The first kappa shape index (κ1) is 13.5. The third-order valence-electron chi connectivity index (χ3n) is 3.90. The number of nitrogens with zero attached hydrogens (tertiary/aromatic N) is 3. The van der Waals surface area contributed by atoms with E-state index in [2.05, 4.69) is 15.2 Å². The Bertz CT molecular complexity index is 709. The molecule has 3 rings (SSSR count). The number of carboxylic acid groups (broad SMARTS) is 1. The molecular weight excluding hydrogens is 272 g/mol. The number of carbonyl (C=O) groups excluding carboxylic acids is 1. The zero-order valence-corrected chi connectivity index (χ0v) is 11.7. The first-order chi connectivity index (χ1) is 10.1. The van der Waals surface area contributed by atoms with Crippen molar-refractivity contribution < 1.29 is 14.7 Å². The number of carboxylic acids is 1. The number of carbonyl (C=O) groups is 2. The van der Waals surface area contributed by atoms with Crippen LogP contribution in [0.1, 0.15) is 28.9 Å². The minimum Gasteiger partial charge on any atom is -0.481 e. The van der Waals surface area contributed by atoms with E-state index < -0.39 is 11.9 Å². The van der Waals surface area contributed by atoms with Gasteiger partial charge >= 0.3 is 5.97 Å². The van der Waals surface area contributed by atoms with Crippen LogP contribution in [0.15, 0.2) is 12.3 Å². The van der Waals surface area contributed by atoms with E-state index in [1.165, 1.54) is 6.20 Å². The lowest BCUT2D eigenvalue weighted by atomic mass is 9.98. The SMILES string of the molecule is Cc1[nH]nc2ncc(C(=O)N3CCCC(C(=O)O)C3)cc12. The molecule has 21 heavy (non-hydrogen) atoms. The van der Waals surface area contributed by atoms with Gasteiger partial charge in [0.2, 0.25) is 0 Å². The van der Waals surface area contributed by atoms with Gasteiger partial charge in [-0.05, 0) is 25.8 Å². The van der Waals surface area contributed by atoms with Gasteiger partial charge in [0.25, 0.3) is 5.91 Å². The Labute approximate surface area is 121 Å². The summed E-state index contributed by atoms with van der Waals surface area (Å²) in [6, 6.07) is 1.76. The molecule has 0 bridgehead atoms. The number of hydrogen-bond acceptors (Lipinski definition) is 4. The lowest BCUT2D eigenvalue weighted by Gasteiger charge is -2.30. The topological polar surface area (TPSA) is 99.2 Å². The molecule has 1 aliphatic heterocycles. The molecular formula is C14H16N4O3. The highest BCUT2D eigenvalue weighted by atomic mass is 16.4. The zero-order valence-electron chi connectivity index (χ0n) is 11.7. The summed E-state index contributed by atoms with van der Waals surface area (Å²) in [4.78, 5) is 29.4. The second-order valence-corrected chi connectivity index (χ2v) is 5.37. The highest BCUT2D eigenvalue weighted by molar-refractivity contribution is 5.97. The van der Waals surface area contributed by atoms with Crippen LogP contribution in [0, 0.1) is 12.8 Å². The molecule has 3 heterocycles. The number of amides is 1. The Balaban J connectivity index is 1.85. The number of likely N-dealkylation sites (tertiary alicyclic amines) is 1. The molecule has 110 valence electrons. The summed E-state index contributed by atoms with van der Waals surface area (Å²) in [6.45, 7) is 2.72. The maximum Gasteiger partial charge on any atom is 0.308 e. The molecule has 1 atom stereocenters. The molecule has 1 amide bonds. The van der Waals surface area contributed by atoms with Crippen molar-refractivity contribution in [2.75, 3.05) is 13.1 Å². The molecule has 0 radical (unpaired) electrons. The second kappa shape index (κ2) is 5.16. The van der Waals surface area contributed by atoms with Gasteiger partial charge in [0.05, 0.1) is 11.5 Å². The predicted octanol–water partition coefficient (Wildman–Crippen LogP) is 1.20. The number of aromatic nitrogens is 3. The fraction of sp³-hybridized carbons (Fsp3) is 0.429. The van der Waals surface area contributed by atoms with Gasteiger partial charge in [-0.3, -0.25) is 14.7 Å². The Kier molecular flexibility index (Phi) is 3.32. The van der Waals surface area contributed by atoms with Crippen LogP contribution in [0.3, 0.4) is 0 Å². The highest BCUT2D eigenvalue weighted by Gasteiger charge is 2.28. The van der Waals surface area contributed by atoms with Crippen molar-refractivity contribution in [3.63, 3.8) is 0 Å². The number of rotatable bonds is 2. The maximum absolute atomic E-state index is 12.5. The highest BCUT2D eigenvalue weighted by Crippen LogP contribution is 2.20. The predicted molar refractivity (Wildman–Crippen MR) is 74.9 cm³/mol. The first-order valence-corrected chi connectivity index (χ1v) is 6.89. The smallest absolute Gasteiger partial charge is 0.308 e. The third kappa shape index (κ3) is 2.46. The summed E-state index contributed by atoms with van der Waals surface area (Å²) >= 11 is 0. The first-order valence-electron chi connectivity index (χ1n) is 6.89. The van der Waals surface area contributed by atoms with Gasteiger partial charge in [-0.1, -0.05) is 0 Å². The summed E-state index contributed by atoms with van der Waals surface area (Å²) < 4.78 is 0. The molecule has 0 spiro atoms. The van der Waals surface area contributed by atoms with Crippen LogP contribution >= 0.6 is 0 Å². The van der Waals surface area contributed by atoms with Crippen LogP contribution in [0.5, 0.6) is 0 Å². The Hall–Kier alpha value is -2.44. The number of nitrogens with one attached hydrogen (secondary N) is 1.